The fraction of sp³-hybridized carbons (Fsp3) is 0.700. The van der Waals surface area contributed by atoms with E-state index in [-0.39, 0.29) is 45.5 Å². The third-order valence-electron chi connectivity index (χ3n) is 10.6. The van der Waals surface area contributed by atoms with Gasteiger partial charge >= 0.3 is 0 Å². The average Bonchev–Trinajstić information content (AvgIpc) is 3.89. The van der Waals surface area contributed by atoms with Gasteiger partial charge in [0.1, 0.15) is 5.76 Å². The van der Waals surface area contributed by atoms with Crippen LogP contribution >= 0.6 is 0 Å². The Morgan fingerprint density at radius 3 is 1.66 bits per heavy atom. The predicted octanol–water partition coefficient (Wildman–Crippen LogP) is 6.19. The minimum atomic E-state index is -3.63. The molecular weight excluding hydrogens is 781 g/mol. The molecule has 1 aliphatic rings. The highest BCUT2D eigenvalue weighted by atomic mass is 32.2. The smallest absolute Gasteiger partial charge is 0.212 e. The molecule has 16 nitrogen and oxygen atoms in total. The average molecular weight is 845 g/mol. The molecule has 2 atom stereocenters. The van der Waals surface area contributed by atoms with Crippen molar-refractivity contribution in [1.82, 2.24) is 49.1 Å². The molecule has 0 saturated heterocycles. The molecular formula is C40H64N10O6S2. The van der Waals surface area contributed by atoms with E-state index in [1.165, 1.54) is 4.52 Å². The Kier molecular flexibility index (Phi) is 14.0. The number of Topliss-reactive ketones (excluding diaryl/α,β-unsaturated/α-hetero) is 1. The minimum absolute atomic E-state index is 0.00346. The number of hydrogen-bond acceptors (Lipinski definition) is 11. The molecule has 0 amide bonds. The van der Waals surface area contributed by atoms with Crippen molar-refractivity contribution in [2.45, 2.75) is 169 Å². The molecule has 0 fully saturated rings. The van der Waals surface area contributed by atoms with Crippen LogP contribution in [-0.2, 0) is 35.7 Å². The number of unbranched alkanes of at least 4 members (excludes halogenated alkanes) is 10. The Bertz CT molecular complexity index is 2410. The van der Waals surface area contributed by atoms with Gasteiger partial charge in [0.25, 0.3) is 0 Å². The molecule has 1 aliphatic carbocycles. The van der Waals surface area contributed by atoms with E-state index in [0.717, 1.165) is 64.2 Å². The number of nitrogens with zero attached hydrogens (tertiary/aromatic N) is 7. The van der Waals surface area contributed by atoms with Gasteiger partial charge in [-0.15, -0.1) is 20.4 Å². The van der Waals surface area contributed by atoms with Crippen molar-refractivity contribution < 1.29 is 26.7 Å². The fourth-order valence-electron chi connectivity index (χ4n) is 7.51. The van der Waals surface area contributed by atoms with E-state index in [4.69, 9.17) is 5.10 Å². The summed E-state index contributed by atoms with van der Waals surface area (Å²) < 4.78 is 60.6. The van der Waals surface area contributed by atoms with Crippen molar-refractivity contribution in [3.8, 4) is 0 Å². The van der Waals surface area contributed by atoms with Gasteiger partial charge in [-0.05, 0) is 26.7 Å². The Morgan fingerprint density at radius 1 is 0.672 bits per heavy atom. The molecule has 0 spiro atoms. The quantitative estimate of drug-likeness (QED) is 0.0693. The summed E-state index contributed by atoms with van der Waals surface area (Å²) in [5.74, 6) is -0.171. The molecule has 4 aromatic rings. The van der Waals surface area contributed by atoms with Crippen LogP contribution in [0.5, 0.6) is 0 Å². The zero-order valence-electron chi connectivity index (χ0n) is 36.0. The van der Waals surface area contributed by atoms with Crippen LogP contribution in [-0.4, -0.2) is 78.9 Å². The van der Waals surface area contributed by atoms with Crippen LogP contribution in [0.1, 0.15) is 187 Å². The summed E-state index contributed by atoms with van der Waals surface area (Å²) in [4.78, 5) is 14.4. The summed E-state index contributed by atoms with van der Waals surface area (Å²) in [6.45, 7) is 19.3. The first-order valence-electron chi connectivity index (χ1n) is 20.9. The lowest BCUT2D eigenvalue weighted by atomic mass is 9.77. The second-order valence-electron chi connectivity index (χ2n) is 17.9. The number of carbonyl (C=O) groups excluding carboxylic acids is 1. The Hall–Kier alpha value is -3.74. The van der Waals surface area contributed by atoms with Crippen LogP contribution in [0.3, 0.4) is 0 Å². The molecule has 4 N–H and O–H groups in total. The van der Waals surface area contributed by atoms with E-state index in [2.05, 4.69) is 48.8 Å². The summed E-state index contributed by atoms with van der Waals surface area (Å²) >= 11 is 0. The first-order chi connectivity index (χ1) is 27.1. The van der Waals surface area contributed by atoms with Crippen LogP contribution in [0, 0.1) is 0 Å². The van der Waals surface area contributed by atoms with Crippen molar-refractivity contribution in [3.63, 3.8) is 0 Å². The summed E-state index contributed by atoms with van der Waals surface area (Å²) in [5.41, 5.74) is 0.813. The summed E-state index contributed by atoms with van der Waals surface area (Å²) in [6, 6.07) is -1.52. The number of rotatable bonds is 21. The number of fused-ring (bicyclic) bond motifs is 2. The molecule has 2 unspecified atom stereocenters. The van der Waals surface area contributed by atoms with E-state index in [1.54, 1.807) is 18.4 Å². The number of aliphatic hydroxyl groups excluding tert-OH is 1. The van der Waals surface area contributed by atoms with Gasteiger partial charge in [0.2, 0.25) is 25.8 Å². The first kappa shape index (κ1) is 45.3. The second kappa shape index (κ2) is 17.9. The van der Waals surface area contributed by atoms with Crippen molar-refractivity contribution in [2.24, 2.45) is 0 Å². The Balaban J connectivity index is 1.50. The maximum absolute atomic E-state index is 14.4. The summed E-state index contributed by atoms with van der Waals surface area (Å²) in [5, 5.41) is 37.8. The van der Waals surface area contributed by atoms with Gasteiger partial charge < -0.3 is 5.11 Å². The molecule has 5 rings (SSSR count). The highest BCUT2D eigenvalue weighted by molar-refractivity contribution is 7.89. The zero-order valence-corrected chi connectivity index (χ0v) is 37.6. The molecule has 0 bridgehead atoms. The number of aromatic nitrogens is 8. The van der Waals surface area contributed by atoms with Crippen LogP contribution in [0.4, 0.5) is 0 Å². The third-order valence-corrected chi connectivity index (χ3v) is 13.7. The molecule has 0 saturated carbocycles. The number of allylic oxidation sites excluding steroid dienone is 2. The van der Waals surface area contributed by atoms with Crippen LogP contribution < -0.4 is 14.7 Å². The monoisotopic (exact) mass is 844 g/mol. The van der Waals surface area contributed by atoms with Crippen LogP contribution in [0.15, 0.2) is 5.76 Å². The number of nitrogens with one attached hydrogen (secondary N) is 3. The highest BCUT2D eigenvalue weighted by Crippen LogP contribution is 2.43. The number of carbonyl (C=O) groups is 1. The van der Waals surface area contributed by atoms with Gasteiger partial charge in [-0.25, -0.2) is 30.8 Å². The van der Waals surface area contributed by atoms with Crippen molar-refractivity contribution in [1.29, 1.82) is 0 Å². The Labute approximate surface area is 343 Å². The van der Waals surface area contributed by atoms with Gasteiger partial charge in [0.05, 0.1) is 51.2 Å². The highest BCUT2D eigenvalue weighted by Gasteiger charge is 2.43. The molecule has 0 radical (unpaired) electrons. The maximum atomic E-state index is 14.4. The lowest BCUT2D eigenvalue weighted by Crippen LogP contribution is -2.32. The van der Waals surface area contributed by atoms with E-state index in [0.29, 0.717) is 40.8 Å². The van der Waals surface area contributed by atoms with Gasteiger partial charge in [0, 0.05) is 16.5 Å². The van der Waals surface area contributed by atoms with E-state index >= 15 is 0 Å². The van der Waals surface area contributed by atoms with Crippen molar-refractivity contribution >= 4 is 48.3 Å². The van der Waals surface area contributed by atoms with Crippen molar-refractivity contribution in [2.75, 3.05) is 11.5 Å². The molecule has 18 heteroatoms. The number of H-pyrrole nitrogens is 1. The molecule has 322 valence electrons. The fourth-order valence-corrected chi connectivity index (χ4v) is 10.2. The van der Waals surface area contributed by atoms with E-state index < -0.39 is 48.7 Å². The normalized spacial score (nSPS) is 16.6. The number of aliphatic hydroxyl groups is 1. The first-order valence-corrected chi connectivity index (χ1v) is 24.2. The SMILES string of the molecule is CCCCCCCCS(=O)(=O)NC(C)c1nnc2/c(=C3/C(=O)C(c4c(C(C)(C)C)[nH]n5c(C(C)NS(=O)(=O)CCCCCCCC)nnc45)=C3O)c(C(C)(C)C)nn12. The van der Waals surface area contributed by atoms with Gasteiger partial charge in [-0.2, -0.15) is 9.61 Å². The van der Waals surface area contributed by atoms with Gasteiger partial charge in [-0.1, -0.05) is 120 Å². The van der Waals surface area contributed by atoms with E-state index in [9.17, 15) is 26.7 Å². The maximum Gasteiger partial charge on any atom is 0.212 e. The number of ketones is 1. The van der Waals surface area contributed by atoms with Gasteiger partial charge in [0.15, 0.2) is 22.9 Å². The van der Waals surface area contributed by atoms with E-state index in [1.807, 2.05) is 41.5 Å². The molecule has 4 aromatic heterocycles. The van der Waals surface area contributed by atoms with Crippen LogP contribution in [0.25, 0.3) is 22.4 Å². The number of hydrogen-bond donors (Lipinski definition) is 4. The summed E-state index contributed by atoms with van der Waals surface area (Å²) in [6.07, 6.45) is 11.5. The zero-order chi connectivity index (χ0) is 42.8. The molecule has 58 heavy (non-hydrogen) atoms. The second-order valence-corrected chi connectivity index (χ2v) is 21.6. The molecule has 4 heterocycles. The third kappa shape index (κ3) is 9.82. The lowest BCUT2D eigenvalue weighted by Gasteiger charge is -2.25. The standard InChI is InChI=1S/C40H64N10O6S2/c1-11-13-15-17-19-21-23-57(53,54)47-25(3)35-41-43-37-29(33(39(5,6)7)45-49(35)37)27-31(51)28(32(27)52)30-34(40(8,9)10)46-50-36(42-44-38(30)50)26(4)48-58(55,56)24-22-20-18-16-14-12-2/h25-26,45,47-48,51H,11-24H2,1-10H3/b30-28+. The number of aromatic amines is 1. The summed E-state index contributed by atoms with van der Waals surface area (Å²) in [7, 11) is -7.25. The minimum Gasteiger partial charge on any atom is -0.506 e. The van der Waals surface area contributed by atoms with Crippen LogP contribution in [0.2, 0.25) is 0 Å². The number of sulfonamides is 2. The largest absolute Gasteiger partial charge is 0.506 e. The topological polar surface area (TPSA) is 219 Å². The molecule has 0 aliphatic heterocycles. The van der Waals surface area contributed by atoms with Crippen molar-refractivity contribution in [3.05, 3.63) is 39.6 Å². The van der Waals surface area contributed by atoms with Gasteiger partial charge in [-0.3, -0.25) is 9.89 Å². The Morgan fingerprint density at radius 2 is 1.16 bits per heavy atom. The predicted molar refractivity (Wildman–Crippen MR) is 226 cm³/mol. The molecule has 0 aromatic carbocycles. The lowest BCUT2D eigenvalue weighted by molar-refractivity contribution is -0.109.